The van der Waals surface area contributed by atoms with Gasteiger partial charge in [-0.15, -0.1) is 0 Å². The fourth-order valence-corrected chi connectivity index (χ4v) is 3.33. The Hall–Kier alpha value is -2.28. The molecule has 7 heteroatoms. The summed E-state index contributed by atoms with van der Waals surface area (Å²) >= 11 is 0. The molecule has 1 unspecified atom stereocenters. The lowest BCUT2D eigenvalue weighted by molar-refractivity contribution is -0.122. The van der Waals surface area contributed by atoms with Crippen molar-refractivity contribution in [3.8, 4) is 11.5 Å². The standard InChI is InChI=1S/C18H24N2O5/c1-17(2)6-3-7-18(17,23)10-20-15(21)9-19-16(22)12-4-5-13-14(8-12)25-11-24-13/h4-5,8,23H,3,6-7,9-11H2,1-2H3,(H,19,22)(H,20,21). The first-order valence-electron chi connectivity index (χ1n) is 8.48. The predicted octanol–water partition coefficient (Wildman–Crippen LogP) is 1.20. The summed E-state index contributed by atoms with van der Waals surface area (Å²) in [7, 11) is 0. The van der Waals surface area contributed by atoms with E-state index in [2.05, 4.69) is 10.6 Å². The van der Waals surface area contributed by atoms with Crippen LogP contribution < -0.4 is 20.1 Å². The molecule has 0 bridgehead atoms. The number of carbonyl (C=O) groups excluding carboxylic acids is 2. The number of aliphatic hydroxyl groups is 1. The summed E-state index contributed by atoms with van der Waals surface area (Å²) in [5, 5.41) is 16.0. The largest absolute Gasteiger partial charge is 0.454 e. The Morgan fingerprint density at radius 1 is 1.16 bits per heavy atom. The third-order valence-electron chi connectivity index (χ3n) is 5.27. The fourth-order valence-electron chi connectivity index (χ4n) is 3.33. The summed E-state index contributed by atoms with van der Waals surface area (Å²) in [6.45, 7) is 4.20. The van der Waals surface area contributed by atoms with Gasteiger partial charge >= 0.3 is 0 Å². The van der Waals surface area contributed by atoms with Crippen LogP contribution in [0.5, 0.6) is 11.5 Å². The Kier molecular flexibility index (Phi) is 4.60. The molecule has 1 atom stereocenters. The van der Waals surface area contributed by atoms with Gasteiger partial charge in [-0.05, 0) is 42.9 Å². The van der Waals surface area contributed by atoms with Crippen LogP contribution in [0.3, 0.4) is 0 Å². The van der Waals surface area contributed by atoms with Crippen LogP contribution in [-0.4, -0.2) is 42.4 Å². The number of nitrogens with one attached hydrogen (secondary N) is 2. The second-order valence-electron chi connectivity index (χ2n) is 7.30. The van der Waals surface area contributed by atoms with Crippen LogP contribution in [0.4, 0.5) is 0 Å². The zero-order chi connectivity index (χ0) is 18.1. The molecule has 2 aliphatic rings. The second-order valence-corrected chi connectivity index (χ2v) is 7.30. The Balaban J connectivity index is 1.48. The smallest absolute Gasteiger partial charge is 0.251 e. The lowest BCUT2D eigenvalue weighted by Gasteiger charge is -2.36. The van der Waals surface area contributed by atoms with Crippen LogP contribution in [0.2, 0.25) is 0 Å². The molecule has 2 amide bonds. The van der Waals surface area contributed by atoms with Gasteiger partial charge in [-0.2, -0.15) is 0 Å². The number of fused-ring (bicyclic) bond motifs is 1. The van der Waals surface area contributed by atoms with Crippen molar-refractivity contribution in [3.05, 3.63) is 23.8 Å². The van der Waals surface area contributed by atoms with Gasteiger partial charge in [0.1, 0.15) is 0 Å². The Morgan fingerprint density at radius 2 is 1.92 bits per heavy atom. The third-order valence-corrected chi connectivity index (χ3v) is 5.27. The van der Waals surface area contributed by atoms with E-state index in [1.165, 1.54) is 0 Å². The molecule has 1 aliphatic heterocycles. The molecule has 1 heterocycles. The molecule has 1 fully saturated rings. The van der Waals surface area contributed by atoms with Crippen LogP contribution in [0, 0.1) is 5.41 Å². The molecule has 0 radical (unpaired) electrons. The lowest BCUT2D eigenvalue weighted by atomic mass is 9.78. The van der Waals surface area contributed by atoms with Crippen LogP contribution in [0.1, 0.15) is 43.5 Å². The van der Waals surface area contributed by atoms with Crippen molar-refractivity contribution in [3.63, 3.8) is 0 Å². The molecule has 3 rings (SSSR count). The molecule has 1 aromatic carbocycles. The molecular weight excluding hydrogens is 324 g/mol. The summed E-state index contributed by atoms with van der Waals surface area (Å²) in [5.41, 5.74) is -0.729. The number of rotatable bonds is 5. The van der Waals surface area contributed by atoms with E-state index in [0.717, 1.165) is 12.8 Å². The Labute approximate surface area is 146 Å². The van der Waals surface area contributed by atoms with Gasteiger partial charge in [0.25, 0.3) is 5.91 Å². The van der Waals surface area contributed by atoms with Gasteiger partial charge in [0.05, 0.1) is 12.1 Å². The zero-order valence-corrected chi connectivity index (χ0v) is 14.6. The Bertz CT molecular complexity index is 688. The maximum Gasteiger partial charge on any atom is 0.251 e. The minimum atomic E-state index is -0.899. The molecule has 1 aromatic rings. The summed E-state index contributed by atoms with van der Waals surface area (Å²) in [4.78, 5) is 24.1. The van der Waals surface area contributed by atoms with Gasteiger partial charge in [-0.3, -0.25) is 9.59 Å². The van der Waals surface area contributed by atoms with Crippen molar-refractivity contribution in [2.24, 2.45) is 5.41 Å². The summed E-state index contributed by atoms with van der Waals surface area (Å²) in [6, 6.07) is 4.86. The van der Waals surface area contributed by atoms with Crippen LogP contribution in [0.25, 0.3) is 0 Å². The SMILES string of the molecule is CC1(C)CCCC1(O)CNC(=O)CNC(=O)c1ccc2c(c1)OCO2. The molecular formula is C18H24N2O5. The molecule has 1 aliphatic carbocycles. The van der Waals surface area contributed by atoms with Gasteiger partial charge in [-0.1, -0.05) is 13.8 Å². The molecule has 0 saturated heterocycles. The maximum absolute atomic E-state index is 12.1. The molecule has 0 aromatic heterocycles. The number of benzene rings is 1. The van der Waals surface area contributed by atoms with E-state index < -0.39 is 5.60 Å². The number of ether oxygens (including phenoxy) is 2. The van der Waals surface area contributed by atoms with E-state index in [0.29, 0.717) is 23.5 Å². The zero-order valence-electron chi connectivity index (χ0n) is 14.6. The molecule has 136 valence electrons. The molecule has 0 spiro atoms. The van der Waals surface area contributed by atoms with Gasteiger partial charge in [-0.25, -0.2) is 0 Å². The van der Waals surface area contributed by atoms with E-state index >= 15 is 0 Å². The van der Waals surface area contributed by atoms with Crippen molar-refractivity contribution >= 4 is 11.8 Å². The first-order valence-corrected chi connectivity index (χ1v) is 8.48. The highest BCUT2D eigenvalue weighted by atomic mass is 16.7. The average Bonchev–Trinajstić information content (AvgIpc) is 3.14. The van der Waals surface area contributed by atoms with Gasteiger partial charge in [0.2, 0.25) is 12.7 Å². The molecule has 1 saturated carbocycles. The molecule has 25 heavy (non-hydrogen) atoms. The fraction of sp³-hybridized carbons (Fsp3) is 0.556. The van der Waals surface area contributed by atoms with Crippen molar-refractivity contribution in [2.45, 2.75) is 38.7 Å². The molecule has 7 nitrogen and oxygen atoms in total. The van der Waals surface area contributed by atoms with Crippen molar-refractivity contribution in [1.29, 1.82) is 0 Å². The highest BCUT2D eigenvalue weighted by Gasteiger charge is 2.47. The summed E-state index contributed by atoms with van der Waals surface area (Å²) in [5.74, 6) is 0.420. The third kappa shape index (κ3) is 3.56. The second kappa shape index (κ2) is 6.55. The predicted molar refractivity (Wildman–Crippen MR) is 90.5 cm³/mol. The number of hydrogen-bond donors (Lipinski definition) is 3. The van der Waals surface area contributed by atoms with Gasteiger partial charge < -0.3 is 25.2 Å². The van der Waals surface area contributed by atoms with Crippen LogP contribution in [-0.2, 0) is 4.79 Å². The van der Waals surface area contributed by atoms with E-state index in [1.54, 1.807) is 18.2 Å². The van der Waals surface area contributed by atoms with Crippen molar-refractivity contribution in [2.75, 3.05) is 19.9 Å². The maximum atomic E-state index is 12.1. The minimum absolute atomic E-state index is 0.141. The van der Waals surface area contributed by atoms with Gasteiger partial charge in [0.15, 0.2) is 11.5 Å². The van der Waals surface area contributed by atoms with Crippen molar-refractivity contribution in [1.82, 2.24) is 10.6 Å². The van der Waals surface area contributed by atoms with Gasteiger partial charge in [0, 0.05) is 12.1 Å². The first kappa shape index (κ1) is 17.5. The normalized spacial score (nSPS) is 23.3. The Morgan fingerprint density at radius 3 is 2.64 bits per heavy atom. The van der Waals surface area contributed by atoms with E-state index in [4.69, 9.17) is 9.47 Å². The molecule has 3 N–H and O–H groups in total. The number of amides is 2. The minimum Gasteiger partial charge on any atom is -0.454 e. The lowest BCUT2D eigenvalue weighted by Crippen LogP contribution is -2.51. The summed E-state index contributed by atoms with van der Waals surface area (Å²) in [6.07, 6.45) is 2.55. The average molecular weight is 348 g/mol. The monoisotopic (exact) mass is 348 g/mol. The van der Waals surface area contributed by atoms with E-state index in [1.807, 2.05) is 13.8 Å². The summed E-state index contributed by atoms with van der Waals surface area (Å²) < 4.78 is 10.4. The van der Waals surface area contributed by atoms with E-state index in [-0.39, 0.29) is 37.1 Å². The van der Waals surface area contributed by atoms with Crippen LogP contribution in [0.15, 0.2) is 18.2 Å². The highest BCUT2D eigenvalue weighted by molar-refractivity contribution is 5.97. The van der Waals surface area contributed by atoms with E-state index in [9.17, 15) is 14.7 Å². The quantitative estimate of drug-likeness (QED) is 0.743. The number of carbonyl (C=O) groups is 2. The van der Waals surface area contributed by atoms with Crippen molar-refractivity contribution < 1.29 is 24.2 Å². The van der Waals surface area contributed by atoms with Crippen LogP contribution >= 0.6 is 0 Å². The number of hydrogen-bond acceptors (Lipinski definition) is 5. The topological polar surface area (TPSA) is 96.9 Å². The first-order chi connectivity index (χ1) is 11.8. The highest BCUT2D eigenvalue weighted by Crippen LogP contribution is 2.45.